The van der Waals surface area contributed by atoms with Crippen LogP contribution in [-0.4, -0.2) is 25.0 Å². The van der Waals surface area contributed by atoms with E-state index in [0.29, 0.717) is 11.4 Å². The average molecular weight is 438 g/mol. The van der Waals surface area contributed by atoms with E-state index in [-0.39, 0.29) is 18.4 Å². The maximum atomic E-state index is 12.4. The van der Waals surface area contributed by atoms with E-state index in [2.05, 4.69) is 19.9 Å². The van der Waals surface area contributed by atoms with Crippen molar-refractivity contribution in [2.24, 2.45) is 0 Å². The van der Waals surface area contributed by atoms with Gasteiger partial charge in [-0.15, -0.1) is 0 Å². The molecule has 1 unspecified atom stereocenters. The highest BCUT2D eigenvalue weighted by molar-refractivity contribution is 5.87. The van der Waals surface area contributed by atoms with Gasteiger partial charge in [-0.05, 0) is 68.9 Å². The number of aromatic hydroxyl groups is 1. The van der Waals surface area contributed by atoms with Gasteiger partial charge in [0.05, 0.1) is 12.8 Å². The van der Waals surface area contributed by atoms with Gasteiger partial charge < -0.3 is 14.6 Å². The van der Waals surface area contributed by atoms with Gasteiger partial charge in [-0.25, -0.2) is 9.69 Å². The summed E-state index contributed by atoms with van der Waals surface area (Å²) in [7, 11) is 1.36. The van der Waals surface area contributed by atoms with Crippen LogP contribution in [0.15, 0.2) is 54.1 Å². The van der Waals surface area contributed by atoms with Gasteiger partial charge in [-0.2, -0.15) is 0 Å². The second-order valence-corrected chi connectivity index (χ2v) is 8.50. The number of unbranched alkanes of at least 4 members (excludes halogenated alkanes) is 2. The molecule has 2 aromatic rings. The number of hydrogen-bond acceptors (Lipinski definition) is 4. The number of phenols is 1. The zero-order valence-corrected chi connectivity index (χ0v) is 19.5. The first-order valence-electron chi connectivity index (χ1n) is 11.6. The van der Waals surface area contributed by atoms with E-state index < -0.39 is 6.09 Å². The zero-order valence-electron chi connectivity index (χ0n) is 19.5. The lowest BCUT2D eigenvalue weighted by atomic mass is 9.84. The summed E-state index contributed by atoms with van der Waals surface area (Å²) in [4.78, 5) is 13.9. The summed E-state index contributed by atoms with van der Waals surface area (Å²) in [6.07, 6.45) is 9.13. The van der Waals surface area contributed by atoms with Gasteiger partial charge in [0.2, 0.25) is 0 Å². The topological polar surface area (TPSA) is 59.0 Å². The summed E-state index contributed by atoms with van der Waals surface area (Å²) < 4.78 is 11.2. The highest BCUT2D eigenvalue weighted by atomic mass is 16.6. The molecule has 1 aliphatic rings. The van der Waals surface area contributed by atoms with Crippen LogP contribution in [0.3, 0.4) is 0 Å². The largest absolute Gasteiger partial charge is 0.507 e. The molecule has 1 amide bonds. The van der Waals surface area contributed by atoms with Crippen LogP contribution < -0.4 is 9.64 Å². The molecule has 0 fully saturated rings. The number of carbonyl (C=O) groups is 1. The highest BCUT2D eigenvalue weighted by Crippen LogP contribution is 2.42. The molecule has 2 aromatic carbocycles. The number of anilines is 1. The van der Waals surface area contributed by atoms with Crippen molar-refractivity contribution in [1.29, 1.82) is 0 Å². The molecule has 0 spiro atoms. The normalized spacial score (nSPS) is 15.7. The van der Waals surface area contributed by atoms with Gasteiger partial charge in [0, 0.05) is 11.5 Å². The molecule has 0 saturated heterocycles. The molecule has 1 aliphatic carbocycles. The van der Waals surface area contributed by atoms with Crippen molar-refractivity contribution in [3.8, 4) is 11.5 Å². The van der Waals surface area contributed by atoms with Crippen molar-refractivity contribution in [3.05, 3.63) is 65.2 Å². The van der Waals surface area contributed by atoms with E-state index in [1.807, 2.05) is 42.5 Å². The Morgan fingerprint density at radius 2 is 1.97 bits per heavy atom. The molecule has 0 heterocycles. The van der Waals surface area contributed by atoms with E-state index in [1.165, 1.54) is 17.6 Å². The summed E-state index contributed by atoms with van der Waals surface area (Å²) in [5.41, 5.74) is 3.88. The predicted octanol–water partition coefficient (Wildman–Crippen LogP) is 6.95. The third kappa shape index (κ3) is 6.06. The van der Waals surface area contributed by atoms with Crippen molar-refractivity contribution >= 4 is 11.8 Å². The number of ether oxygens (including phenoxy) is 2. The fourth-order valence-corrected chi connectivity index (χ4v) is 4.31. The number of carbonyl (C=O) groups excluding carboxylic acids is 1. The first kappa shape index (κ1) is 23.7. The van der Waals surface area contributed by atoms with Crippen LogP contribution in [-0.2, 0) is 11.2 Å². The smallest absolute Gasteiger partial charge is 0.416 e. The van der Waals surface area contributed by atoms with Crippen LogP contribution in [0, 0.1) is 0 Å². The molecular weight excluding hydrogens is 402 g/mol. The minimum Gasteiger partial charge on any atom is -0.507 e. The second-order valence-electron chi connectivity index (χ2n) is 8.50. The van der Waals surface area contributed by atoms with Gasteiger partial charge in [0.25, 0.3) is 0 Å². The number of rotatable bonds is 9. The lowest BCUT2D eigenvalue weighted by molar-refractivity contribution is 0.170. The lowest BCUT2D eigenvalue weighted by Gasteiger charge is -2.26. The van der Waals surface area contributed by atoms with E-state index in [4.69, 9.17) is 9.47 Å². The minimum absolute atomic E-state index is 0.00302. The van der Waals surface area contributed by atoms with Crippen LogP contribution >= 0.6 is 0 Å². The zero-order chi connectivity index (χ0) is 22.9. The van der Waals surface area contributed by atoms with E-state index in [0.717, 1.165) is 56.1 Å². The van der Waals surface area contributed by atoms with Crippen LogP contribution in [0.1, 0.15) is 69.4 Å². The van der Waals surface area contributed by atoms with Gasteiger partial charge in [-0.3, -0.25) is 0 Å². The molecule has 0 saturated carbocycles. The van der Waals surface area contributed by atoms with Crippen molar-refractivity contribution in [3.63, 3.8) is 0 Å². The first-order valence-corrected chi connectivity index (χ1v) is 11.6. The summed E-state index contributed by atoms with van der Waals surface area (Å²) in [5, 5.41) is 11.0. The van der Waals surface area contributed by atoms with E-state index in [1.54, 1.807) is 0 Å². The summed E-state index contributed by atoms with van der Waals surface area (Å²) in [6.45, 7) is 4.31. The Kier molecular flexibility index (Phi) is 8.60. The number of benzene rings is 2. The average Bonchev–Trinajstić information content (AvgIpc) is 2.79. The van der Waals surface area contributed by atoms with E-state index >= 15 is 0 Å². The number of allylic oxidation sites excluding steroid dienone is 2. The molecule has 0 radical (unpaired) electrons. The van der Waals surface area contributed by atoms with Gasteiger partial charge >= 0.3 is 6.09 Å². The number of para-hydroxylation sites is 1. The van der Waals surface area contributed by atoms with Crippen LogP contribution in [0.2, 0.25) is 0 Å². The number of phenolic OH excluding ortho intramolecular Hbond substituents is 1. The maximum absolute atomic E-state index is 12.4. The van der Waals surface area contributed by atoms with Crippen molar-refractivity contribution < 1.29 is 19.4 Å². The summed E-state index contributed by atoms with van der Waals surface area (Å²) in [6, 6.07) is 13.2. The fourth-order valence-electron chi connectivity index (χ4n) is 4.31. The molecule has 1 N–H and O–H groups in total. The Bertz CT molecular complexity index is 923. The molecular formula is C27H35NO4. The standard InChI is InChI=1S/C27H35NO4/c1-4-5-7-12-21-17-24(29)26(22-13-10-11-20(2)16-22)25(18-21)32-19-28(27(30)31-3)23-14-8-6-9-15-23/h6,8-9,14-18,22,29H,4-5,7,10-13,19H2,1-3H3. The molecule has 3 rings (SSSR count). The Hall–Kier alpha value is -2.95. The number of amides is 1. The van der Waals surface area contributed by atoms with Gasteiger partial charge in [-0.1, -0.05) is 49.6 Å². The van der Waals surface area contributed by atoms with E-state index in [9.17, 15) is 9.90 Å². The maximum Gasteiger partial charge on any atom is 0.416 e. The predicted molar refractivity (Wildman–Crippen MR) is 129 cm³/mol. The molecule has 5 heteroatoms. The van der Waals surface area contributed by atoms with Crippen molar-refractivity contribution in [2.45, 2.75) is 64.7 Å². The monoisotopic (exact) mass is 437 g/mol. The SMILES string of the molecule is CCCCCc1cc(O)c(C2C=C(C)CCC2)c(OCN(C(=O)OC)c2ccccc2)c1. The Labute approximate surface area is 191 Å². The second kappa shape index (κ2) is 11.6. The molecule has 32 heavy (non-hydrogen) atoms. The molecule has 0 aromatic heterocycles. The molecule has 0 bridgehead atoms. The van der Waals surface area contributed by atoms with Crippen LogP contribution in [0.5, 0.6) is 11.5 Å². The number of aryl methyl sites for hydroxylation is 1. The Balaban J connectivity index is 1.92. The number of hydrogen-bond donors (Lipinski definition) is 1. The molecule has 172 valence electrons. The quantitative estimate of drug-likeness (QED) is 0.262. The number of methoxy groups -OCH3 is 1. The third-order valence-corrected chi connectivity index (χ3v) is 6.00. The molecule has 1 atom stereocenters. The Morgan fingerprint density at radius 3 is 2.66 bits per heavy atom. The van der Waals surface area contributed by atoms with Crippen molar-refractivity contribution in [1.82, 2.24) is 0 Å². The molecule has 0 aliphatic heterocycles. The Morgan fingerprint density at radius 1 is 1.19 bits per heavy atom. The minimum atomic E-state index is -0.491. The fraction of sp³-hybridized carbons (Fsp3) is 0.444. The van der Waals surface area contributed by atoms with Crippen molar-refractivity contribution in [2.75, 3.05) is 18.7 Å². The summed E-state index contributed by atoms with van der Waals surface area (Å²) >= 11 is 0. The molecule has 5 nitrogen and oxygen atoms in total. The summed E-state index contributed by atoms with van der Waals surface area (Å²) in [5.74, 6) is 1.01. The third-order valence-electron chi connectivity index (χ3n) is 6.00. The first-order chi connectivity index (χ1) is 15.5. The highest BCUT2D eigenvalue weighted by Gasteiger charge is 2.24. The van der Waals surface area contributed by atoms with Crippen LogP contribution in [0.4, 0.5) is 10.5 Å². The van der Waals surface area contributed by atoms with Gasteiger partial charge in [0.1, 0.15) is 11.5 Å². The number of nitrogens with zero attached hydrogens (tertiary/aromatic N) is 1. The van der Waals surface area contributed by atoms with Gasteiger partial charge in [0.15, 0.2) is 6.73 Å². The lowest BCUT2D eigenvalue weighted by Crippen LogP contribution is -2.34. The van der Waals surface area contributed by atoms with Crippen LogP contribution in [0.25, 0.3) is 0 Å².